The smallest absolute Gasteiger partial charge is 0.549 e. The van der Waals surface area contributed by atoms with Gasteiger partial charge in [0, 0.05) is 10.5 Å². The van der Waals surface area contributed by atoms with Crippen molar-refractivity contribution in [3.05, 3.63) is 0 Å². The molecule has 0 aliphatic heterocycles. The number of carbonyl (C=O) groups is 2. The molecular formula is C28H54O4S2Zn. The van der Waals surface area contributed by atoms with E-state index in [1.165, 1.54) is 103 Å². The van der Waals surface area contributed by atoms with Crippen molar-refractivity contribution in [2.24, 2.45) is 0 Å². The average Bonchev–Trinajstić information content (AvgIpc) is 2.81. The molecule has 0 rings (SSSR count). The fourth-order valence-electron chi connectivity index (χ4n) is 3.89. The summed E-state index contributed by atoms with van der Waals surface area (Å²) >= 11 is 7.91. The number of hydrogen-bond donors (Lipinski definition) is 2. The molecule has 0 N–H and O–H groups in total. The molecule has 0 aromatic rings. The van der Waals surface area contributed by atoms with Crippen LogP contribution in [0.5, 0.6) is 0 Å². The molecule has 0 spiro atoms. The molecule has 0 aliphatic rings. The molecule has 0 bridgehead atoms. The molecule has 0 amide bonds. The van der Waals surface area contributed by atoms with E-state index in [1.807, 2.05) is 0 Å². The number of carboxylic acids is 2. The maximum atomic E-state index is 10.4. The average molecular weight is 584 g/mol. The maximum Gasteiger partial charge on any atom is 2.00 e. The molecule has 7 heteroatoms. The molecule has 0 aromatic carbocycles. The van der Waals surface area contributed by atoms with E-state index in [1.54, 1.807) is 0 Å². The number of hydrogen-bond acceptors (Lipinski definition) is 6. The monoisotopic (exact) mass is 582 g/mol. The fourth-order valence-corrected chi connectivity index (χ4v) is 4.25. The number of unbranched alkanes of at least 4 members (excludes halogenated alkanes) is 18. The Balaban J connectivity index is -0.000000569. The van der Waals surface area contributed by atoms with E-state index >= 15 is 0 Å². The van der Waals surface area contributed by atoms with Crippen LogP contribution in [0.2, 0.25) is 0 Å². The van der Waals surface area contributed by atoms with Gasteiger partial charge in [-0.05, 0) is 12.8 Å². The van der Waals surface area contributed by atoms with Crippen LogP contribution in [0.15, 0.2) is 0 Å². The Morgan fingerprint density at radius 2 is 0.686 bits per heavy atom. The predicted octanol–water partition coefficient (Wildman–Crippen LogP) is 6.69. The summed E-state index contributed by atoms with van der Waals surface area (Å²) in [5.74, 6) is -2.08. The van der Waals surface area contributed by atoms with Crippen LogP contribution in [0.3, 0.4) is 0 Å². The van der Waals surface area contributed by atoms with Crippen LogP contribution in [0.4, 0.5) is 0 Å². The van der Waals surface area contributed by atoms with E-state index in [9.17, 15) is 19.8 Å². The molecule has 204 valence electrons. The van der Waals surface area contributed by atoms with Crippen molar-refractivity contribution in [2.75, 3.05) is 0 Å². The second-order valence-electron chi connectivity index (χ2n) is 9.61. The van der Waals surface area contributed by atoms with Crippen LogP contribution in [-0.4, -0.2) is 22.4 Å². The van der Waals surface area contributed by atoms with Gasteiger partial charge >= 0.3 is 19.5 Å². The van der Waals surface area contributed by atoms with E-state index in [-0.39, 0.29) is 19.5 Å². The molecule has 35 heavy (non-hydrogen) atoms. The number of carboxylic acid groups (broad SMARTS) is 2. The first-order chi connectivity index (χ1) is 16.4. The Kier molecular flexibility index (Phi) is 36.7. The molecule has 4 nitrogen and oxygen atoms in total. The van der Waals surface area contributed by atoms with Gasteiger partial charge in [0.2, 0.25) is 0 Å². The Morgan fingerprint density at radius 3 is 0.886 bits per heavy atom. The van der Waals surface area contributed by atoms with E-state index < -0.39 is 22.4 Å². The molecule has 0 radical (unpaired) electrons. The quantitative estimate of drug-likeness (QED) is 0.0753. The van der Waals surface area contributed by atoms with E-state index in [2.05, 4.69) is 39.1 Å². The Labute approximate surface area is 241 Å². The molecule has 2 unspecified atom stereocenters. The van der Waals surface area contributed by atoms with E-state index in [4.69, 9.17) is 0 Å². The van der Waals surface area contributed by atoms with Gasteiger partial charge in [0.15, 0.2) is 0 Å². The standard InChI is InChI=1S/2C14H28O2S.Zn/c2*1-2-3-4-5-6-7-8-9-10-11-12-13(17)14(15)16;/h2*13,17H,2-12H2,1H3,(H,15,16);/q;;+2/p-2. The zero-order chi connectivity index (χ0) is 25.9. The maximum absolute atomic E-state index is 10.4. The minimum absolute atomic E-state index is 0. The van der Waals surface area contributed by atoms with Crippen molar-refractivity contribution in [3.8, 4) is 0 Å². The van der Waals surface area contributed by atoms with Crippen molar-refractivity contribution >= 4 is 37.2 Å². The molecular weight excluding hydrogens is 530 g/mol. The van der Waals surface area contributed by atoms with Gasteiger partial charge in [0.25, 0.3) is 0 Å². The normalized spacial score (nSPS) is 12.2. The SMILES string of the molecule is CCCCCCCCCCCCC(S)C(=O)[O-].CCCCCCCCCCCCC(S)C(=O)[O-].[Zn+2]. The summed E-state index contributed by atoms with van der Waals surface area (Å²) in [6, 6.07) is 0. The van der Waals surface area contributed by atoms with Crippen LogP contribution >= 0.6 is 25.3 Å². The number of rotatable bonds is 24. The van der Waals surface area contributed by atoms with Crippen molar-refractivity contribution in [1.82, 2.24) is 0 Å². The minimum Gasteiger partial charge on any atom is -0.549 e. The van der Waals surface area contributed by atoms with Gasteiger partial charge < -0.3 is 19.8 Å². The van der Waals surface area contributed by atoms with E-state index in [0.717, 1.165) is 25.7 Å². The summed E-state index contributed by atoms with van der Waals surface area (Å²) in [6.45, 7) is 4.47. The van der Waals surface area contributed by atoms with Crippen LogP contribution in [-0.2, 0) is 29.1 Å². The predicted molar refractivity (Wildman–Crippen MR) is 148 cm³/mol. The van der Waals surface area contributed by atoms with Gasteiger partial charge in [-0.2, -0.15) is 25.3 Å². The first kappa shape index (κ1) is 39.8. The largest absolute Gasteiger partial charge is 2.00 e. The van der Waals surface area contributed by atoms with Crippen LogP contribution in [0.1, 0.15) is 155 Å². The van der Waals surface area contributed by atoms with Gasteiger partial charge in [-0.3, -0.25) is 0 Å². The minimum atomic E-state index is -1.04. The Morgan fingerprint density at radius 1 is 0.486 bits per heavy atom. The molecule has 0 saturated heterocycles. The first-order valence-corrected chi connectivity index (χ1v) is 15.2. The van der Waals surface area contributed by atoms with Crippen LogP contribution < -0.4 is 10.2 Å². The molecule has 2 atom stereocenters. The number of carbonyl (C=O) groups excluding carboxylic acids is 2. The molecule has 0 heterocycles. The summed E-state index contributed by atoms with van der Waals surface area (Å²) in [5, 5.41) is 19.6. The van der Waals surface area contributed by atoms with Crippen molar-refractivity contribution in [3.63, 3.8) is 0 Å². The van der Waals surface area contributed by atoms with Crippen molar-refractivity contribution in [2.45, 2.75) is 166 Å². The summed E-state index contributed by atoms with van der Waals surface area (Å²) < 4.78 is 0. The number of thiol groups is 2. The second-order valence-corrected chi connectivity index (χ2v) is 10.9. The van der Waals surface area contributed by atoms with Gasteiger partial charge in [-0.25, -0.2) is 0 Å². The number of aliphatic carboxylic acids is 2. The van der Waals surface area contributed by atoms with Crippen molar-refractivity contribution in [1.29, 1.82) is 0 Å². The molecule has 0 fully saturated rings. The van der Waals surface area contributed by atoms with Crippen LogP contribution in [0, 0.1) is 0 Å². The third-order valence-corrected chi connectivity index (χ3v) is 7.14. The second kappa shape index (κ2) is 32.3. The topological polar surface area (TPSA) is 80.3 Å². The molecule has 0 saturated carbocycles. The van der Waals surface area contributed by atoms with E-state index in [0.29, 0.717) is 12.8 Å². The zero-order valence-corrected chi connectivity index (χ0v) is 27.7. The van der Waals surface area contributed by atoms with Gasteiger partial charge in [-0.1, -0.05) is 142 Å². The Bertz CT molecular complexity index is 413. The first-order valence-electron chi connectivity index (χ1n) is 14.1. The summed E-state index contributed by atoms with van der Waals surface area (Å²) in [6.07, 6.45) is 26.7. The van der Waals surface area contributed by atoms with Crippen LogP contribution in [0.25, 0.3) is 0 Å². The third kappa shape index (κ3) is 34.3. The Hall–Kier alpha value is 0.263. The van der Waals surface area contributed by atoms with Gasteiger partial charge in [-0.15, -0.1) is 0 Å². The summed E-state index contributed by atoms with van der Waals surface area (Å²) in [5.41, 5.74) is 0. The zero-order valence-electron chi connectivity index (χ0n) is 22.9. The third-order valence-electron chi connectivity index (χ3n) is 6.21. The molecule has 0 aliphatic carbocycles. The molecule has 0 aromatic heterocycles. The van der Waals surface area contributed by atoms with Gasteiger partial charge in [0.1, 0.15) is 0 Å². The summed E-state index contributed by atoms with van der Waals surface area (Å²) in [4.78, 5) is 20.8. The van der Waals surface area contributed by atoms with Gasteiger partial charge in [0.05, 0.1) is 11.9 Å². The summed E-state index contributed by atoms with van der Waals surface area (Å²) in [7, 11) is 0. The van der Waals surface area contributed by atoms with Crippen molar-refractivity contribution < 1.29 is 39.3 Å². The fraction of sp³-hybridized carbons (Fsp3) is 0.929.